The molecular weight excluding hydrogens is 298 g/mol. The molecule has 2 nitrogen and oxygen atoms in total. The molecule has 0 amide bonds. The average Bonchev–Trinajstić information content (AvgIpc) is 2.41. The van der Waals surface area contributed by atoms with Crippen LogP contribution in [-0.2, 0) is 6.42 Å². The fourth-order valence-electron chi connectivity index (χ4n) is 2.16. The highest BCUT2D eigenvalue weighted by atomic mass is 35.5. The van der Waals surface area contributed by atoms with Gasteiger partial charge in [-0.05, 0) is 36.7 Å². The Kier molecular flexibility index (Phi) is 5.35. The third kappa shape index (κ3) is 3.48. The zero-order valence-electron chi connectivity index (χ0n) is 11.0. The normalized spacial score (nSPS) is 12.4. The van der Waals surface area contributed by atoms with E-state index in [-0.39, 0.29) is 11.9 Å². The molecule has 0 saturated heterocycles. The summed E-state index contributed by atoms with van der Waals surface area (Å²) >= 11 is 12.3. The number of likely N-dealkylation sites (N-methyl/N-ethyl adjacent to an activating group) is 1. The molecule has 1 heterocycles. The molecule has 2 rings (SSSR count). The van der Waals surface area contributed by atoms with Crippen LogP contribution in [0.5, 0.6) is 0 Å². The zero-order chi connectivity index (χ0) is 14.5. The van der Waals surface area contributed by atoms with Crippen LogP contribution in [0, 0.1) is 5.82 Å². The summed E-state index contributed by atoms with van der Waals surface area (Å²) in [5.74, 6) is -0.311. The highest BCUT2D eigenvalue weighted by molar-refractivity contribution is 6.31. The van der Waals surface area contributed by atoms with E-state index in [2.05, 4.69) is 10.3 Å². The SMILES string of the molecule is CCNC(Cc1ccncc1Cl)c1c(F)cccc1Cl. The van der Waals surface area contributed by atoms with Gasteiger partial charge in [0.15, 0.2) is 0 Å². The van der Waals surface area contributed by atoms with Crippen LogP contribution in [0.4, 0.5) is 4.39 Å². The lowest BCUT2D eigenvalue weighted by molar-refractivity contribution is 0.510. The molecule has 1 N–H and O–H groups in total. The fourth-order valence-corrected chi connectivity index (χ4v) is 2.65. The molecule has 20 heavy (non-hydrogen) atoms. The molecule has 1 aromatic heterocycles. The first kappa shape index (κ1) is 15.2. The topological polar surface area (TPSA) is 24.9 Å². The van der Waals surface area contributed by atoms with Crippen LogP contribution in [0.3, 0.4) is 0 Å². The van der Waals surface area contributed by atoms with Crippen molar-refractivity contribution < 1.29 is 4.39 Å². The molecule has 1 atom stereocenters. The van der Waals surface area contributed by atoms with Crippen LogP contribution in [0.2, 0.25) is 10.0 Å². The molecule has 1 unspecified atom stereocenters. The van der Waals surface area contributed by atoms with Gasteiger partial charge in [-0.3, -0.25) is 4.98 Å². The highest BCUT2D eigenvalue weighted by Gasteiger charge is 2.19. The first-order valence-corrected chi connectivity index (χ1v) is 7.14. The summed E-state index contributed by atoms with van der Waals surface area (Å²) in [6.07, 6.45) is 3.81. The number of pyridine rings is 1. The fraction of sp³-hybridized carbons (Fsp3) is 0.267. The van der Waals surface area contributed by atoms with Gasteiger partial charge in [-0.1, -0.05) is 36.2 Å². The van der Waals surface area contributed by atoms with Crippen molar-refractivity contribution in [1.82, 2.24) is 10.3 Å². The average molecular weight is 313 g/mol. The van der Waals surface area contributed by atoms with Crippen LogP contribution < -0.4 is 5.32 Å². The van der Waals surface area contributed by atoms with Gasteiger partial charge in [0.05, 0.1) is 5.02 Å². The Morgan fingerprint density at radius 2 is 2.05 bits per heavy atom. The van der Waals surface area contributed by atoms with Gasteiger partial charge in [-0.2, -0.15) is 0 Å². The Hall–Kier alpha value is -1.16. The summed E-state index contributed by atoms with van der Waals surface area (Å²) in [4.78, 5) is 3.95. The Morgan fingerprint density at radius 3 is 2.70 bits per heavy atom. The minimum atomic E-state index is -0.311. The second-order valence-corrected chi connectivity index (χ2v) is 5.23. The summed E-state index contributed by atoms with van der Waals surface area (Å²) in [5.41, 5.74) is 1.39. The summed E-state index contributed by atoms with van der Waals surface area (Å²) in [6, 6.07) is 6.32. The minimum Gasteiger partial charge on any atom is -0.310 e. The van der Waals surface area contributed by atoms with Crippen LogP contribution in [0.1, 0.15) is 24.1 Å². The molecule has 106 valence electrons. The zero-order valence-corrected chi connectivity index (χ0v) is 12.5. The maximum absolute atomic E-state index is 14.1. The maximum atomic E-state index is 14.1. The van der Waals surface area contributed by atoms with Crippen molar-refractivity contribution in [2.24, 2.45) is 0 Å². The maximum Gasteiger partial charge on any atom is 0.129 e. The van der Waals surface area contributed by atoms with Crippen molar-refractivity contribution in [2.75, 3.05) is 6.54 Å². The van der Waals surface area contributed by atoms with E-state index in [1.807, 2.05) is 13.0 Å². The number of rotatable bonds is 5. The molecule has 2 aromatic rings. The minimum absolute atomic E-state index is 0.228. The second-order valence-electron chi connectivity index (χ2n) is 4.42. The van der Waals surface area contributed by atoms with Gasteiger partial charge >= 0.3 is 0 Å². The van der Waals surface area contributed by atoms with Crippen LogP contribution in [0.25, 0.3) is 0 Å². The lowest BCUT2D eigenvalue weighted by Crippen LogP contribution is -2.24. The van der Waals surface area contributed by atoms with Crippen LogP contribution >= 0.6 is 23.2 Å². The van der Waals surface area contributed by atoms with Gasteiger partial charge < -0.3 is 5.32 Å². The molecule has 0 fully saturated rings. The Balaban J connectivity index is 2.35. The molecular formula is C15H15Cl2FN2. The lowest BCUT2D eigenvalue weighted by Gasteiger charge is -2.20. The van der Waals surface area contributed by atoms with Crippen LogP contribution in [0.15, 0.2) is 36.7 Å². The lowest BCUT2D eigenvalue weighted by atomic mass is 9.98. The van der Waals surface area contributed by atoms with E-state index in [4.69, 9.17) is 23.2 Å². The van der Waals surface area contributed by atoms with E-state index < -0.39 is 0 Å². The van der Waals surface area contributed by atoms with Crippen molar-refractivity contribution in [3.63, 3.8) is 0 Å². The monoisotopic (exact) mass is 312 g/mol. The number of nitrogens with one attached hydrogen (secondary N) is 1. The van der Waals surface area contributed by atoms with Gasteiger partial charge in [-0.25, -0.2) is 4.39 Å². The summed E-state index contributed by atoms with van der Waals surface area (Å²) in [7, 11) is 0. The molecule has 0 aliphatic rings. The molecule has 0 saturated carbocycles. The number of nitrogens with zero attached hydrogens (tertiary/aromatic N) is 1. The third-order valence-corrected chi connectivity index (χ3v) is 3.75. The molecule has 0 radical (unpaired) electrons. The standard InChI is InChI=1S/C15H15Cl2FN2/c1-2-20-14(8-10-6-7-19-9-12(10)17)15-11(16)4-3-5-13(15)18/h3-7,9,14,20H,2,8H2,1H3. The molecule has 0 spiro atoms. The van der Waals surface area contributed by atoms with E-state index in [1.54, 1.807) is 24.5 Å². The Labute approximate surface area is 127 Å². The predicted octanol–water partition coefficient (Wildman–Crippen LogP) is 4.42. The largest absolute Gasteiger partial charge is 0.310 e. The highest BCUT2D eigenvalue weighted by Crippen LogP contribution is 2.29. The molecule has 0 bridgehead atoms. The van der Waals surface area contributed by atoms with E-state index in [9.17, 15) is 4.39 Å². The number of benzene rings is 1. The third-order valence-electron chi connectivity index (χ3n) is 3.08. The number of halogens is 3. The van der Waals surface area contributed by atoms with E-state index in [0.717, 1.165) is 5.56 Å². The first-order valence-electron chi connectivity index (χ1n) is 6.39. The van der Waals surface area contributed by atoms with Gasteiger partial charge in [0, 0.05) is 29.0 Å². The van der Waals surface area contributed by atoms with Gasteiger partial charge in [0.1, 0.15) is 5.82 Å². The predicted molar refractivity (Wildman–Crippen MR) is 80.8 cm³/mol. The smallest absolute Gasteiger partial charge is 0.129 e. The molecule has 0 aliphatic heterocycles. The van der Waals surface area contributed by atoms with Crippen molar-refractivity contribution in [3.05, 3.63) is 63.6 Å². The second kappa shape index (κ2) is 7.02. The van der Waals surface area contributed by atoms with Crippen molar-refractivity contribution in [2.45, 2.75) is 19.4 Å². The molecule has 0 aliphatic carbocycles. The number of hydrogen-bond donors (Lipinski definition) is 1. The van der Waals surface area contributed by atoms with Crippen molar-refractivity contribution in [1.29, 1.82) is 0 Å². The van der Waals surface area contributed by atoms with Gasteiger partial charge in [0.25, 0.3) is 0 Å². The van der Waals surface area contributed by atoms with Crippen LogP contribution in [-0.4, -0.2) is 11.5 Å². The first-order chi connectivity index (χ1) is 9.63. The van der Waals surface area contributed by atoms with Crippen molar-refractivity contribution >= 4 is 23.2 Å². The summed E-state index contributed by atoms with van der Waals surface area (Å²) in [6.45, 7) is 2.67. The molecule has 1 aromatic carbocycles. The summed E-state index contributed by atoms with van der Waals surface area (Å²) < 4.78 is 14.1. The summed E-state index contributed by atoms with van der Waals surface area (Å²) in [5, 5.41) is 4.24. The van der Waals surface area contributed by atoms with Gasteiger partial charge in [0.2, 0.25) is 0 Å². The van der Waals surface area contributed by atoms with Gasteiger partial charge in [-0.15, -0.1) is 0 Å². The number of aromatic nitrogens is 1. The van der Waals surface area contributed by atoms with Crippen molar-refractivity contribution in [3.8, 4) is 0 Å². The van der Waals surface area contributed by atoms with E-state index in [1.165, 1.54) is 6.07 Å². The Bertz CT molecular complexity index is 570. The van der Waals surface area contributed by atoms with E-state index >= 15 is 0 Å². The van der Waals surface area contributed by atoms with E-state index in [0.29, 0.717) is 28.6 Å². The Morgan fingerprint density at radius 1 is 1.25 bits per heavy atom. The number of hydrogen-bond acceptors (Lipinski definition) is 2. The quantitative estimate of drug-likeness (QED) is 0.884. The molecule has 5 heteroatoms.